The van der Waals surface area contributed by atoms with Gasteiger partial charge in [0.1, 0.15) is 6.04 Å². The van der Waals surface area contributed by atoms with Crippen molar-refractivity contribution in [3.05, 3.63) is 101 Å². The van der Waals surface area contributed by atoms with Gasteiger partial charge in [-0.2, -0.15) is 0 Å². The first kappa shape index (κ1) is 29.4. The van der Waals surface area contributed by atoms with Crippen molar-refractivity contribution in [2.24, 2.45) is 0 Å². The van der Waals surface area contributed by atoms with E-state index < -0.39 is 16.1 Å². The van der Waals surface area contributed by atoms with Crippen molar-refractivity contribution in [1.82, 2.24) is 14.5 Å². The Morgan fingerprint density at radius 2 is 1.55 bits per heavy atom. The highest BCUT2D eigenvalue weighted by Crippen LogP contribution is 2.19. The van der Waals surface area contributed by atoms with E-state index in [1.165, 1.54) is 11.4 Å². The smallest absolute Gasteiger partial charge is 0.243 e. The Balaban J connectivity index is 1.80. The lowest BCUT2D eigenvalue weighted by Gasteiger charge is -2.32. The number of amides is 2. The molecule has 7 nitrogen and oxygen atoms in total. The van der Waals surface area contributed by atoms with Gasteiger partial charge in [-0.1, -0.05) is 72.3 Å². The molecule has 202 valence electrons. The van der Waals surface area contributed by atoms with Gasteiger partial charge in [-0.3, -0.25) is 9.59 Å². The molecule has 2 amide bonds. The van der Waals surface area contributed by atoms with Crippen LogP contribution < -0.4 is 5.32 Å². The SMILES string of the molecule is CCNC(=O)[C@@H](Cc1ccccc1)N(Cc1cccc(Cl)c1)C(=O)CCCN(C)S(=O)(=O)c1ccccc1. The fraction of sp³-hybridized carbons (Fsp3) is 0.310. The van der Waals surface area contributed by atoms with Gasteiger partial charge in [-0.05, 0) is 48.7 Å². The first-order chi connectivity index (χ1) is 18.2. The monoisotopic (exact) mass is 555 g/mol. The van der Waals surface area contributed by atoms with Gasteiger partial charge in [0.2, 0.25) is 21.8 Å². The minimum absolute atomic E-state index is 0.0832. The van der Waals surface area contributed by atoms with Crippen molar-refractivity contribution < 1.29 is 18.0 Å². The molecular weight excluding hydrogens is 522 g/mol. The fourth-order valence-electron chi connectivity index (χ4n) is 4.17. The van der Waals surface area contributed by atoms with Crippen molar-refractivity contribution in [2.75, 3.05) is 20.1 Å². The molecule has 3 aromatic carbocycles. The molecule has 1 N–H and O–H groups in total. The predicted molar refractivity (Wildman–Crippen MR) is 150 cm³/mol. The topological polar surface area (TPSA) is 86.8 Å². The molecule has 0 unspecified atom stereocenters. The third kappa shape index (κ3) is 8.15. The number of sulfonamides is 1. The number of halogens is 1. The van der Waals surface area contributed by atoms with E-state index in [0.29, 0.717) is 24.4 Å². The number of carbonyl (C=O) groups excluding carboxylic acids is 2. The molecule has 0 aliphatic rings. The molecule has 9 heteroatoms. The zero-order valence-corrected chi connectivity index (χ0v) is 23.3. The number of carbonyl (C=O) groups is 2. The first-order valence-corrected chi connectivity index (χ1v) is 14.4. The summed E-state index contributed by atoms with van der Waals surface area (Å²) < 4.78 is 27.0. The van der Waals surface area contributed by atoms with E-state index in [0.717, 1.165) is 11.1 Å². The molecule has 0 fully saturated rings. The van der Waals surface area contributed by atoms with Crippen LogP contribution in [-0.4, -0.2) is 55.6 Å². The minimum atomic E-state index is -3.66. The Morgan fingerprint density at radius 3 is 2.18 bits per heavy atom. The summed E-state index contributed by atoms with van der Waals surface area (Å²) in [4.78, 5) is 28.6. The summed E-state index contributed by atoms with van der Waals surface area (Å²) in [5.74, 6) is -0.474. The second-order valence-electron chi connectivity index (χ2n) is 8.99. The van der Waals surface area contributed by atoms with Gasteiger partial charge in [-0.25, -0.2) is 12.7 Å². The molecule has 3 rings (SSSR count). The van der Waals surface area contributed by atoms with Crippen molar-refractivity contribution in [3.63, 3.8) is 0 Å². The lowest BCUT2D eigenvalue weighted by Crippen LogP contribution is -2.50. The molecule has 0 bridgehead atoms. The molecule has 38 heavy (non-hydrogen) atoms. The highest BCUT2D eigenvalue weighted by atomic mass is 35.5. The van der Waals surface area contributed by atoms with Gasteiger partial charge in [0.15, 0.2) is 0 Å². The van der Waals surface area contributed by atoms with Crippen LogP contribution in [0.2, 0.25) is 5.02 Å². The average molecular weight is 556 g/mol. The molecule has 0 aromatic heterocycles. The molecule has 1 atom stereocenters. The van der Waals surface area contributed by atoms with Gasteiger partial charge in [-0.15, -0.1) is 0 Å². The largest absolute Gasteiger partial charge is 0.355 e. The van der Waals surface area contributed by atoms with Crippen molar-refractivity contribution in [3.8, 4) is 0 Å². The third-order valence-corrected chi connectivity index (χ3v) is 8.29. The number of likely N-dealkylation sites (N-methyl/N-ethyl adjacent to an activating group) is 1. The van der Waals surface area contributed by atoms with E-state index in [4.69, 9.17) is 11.6 Å². The predicted octanol–water partition coefficient (Wildman–Crippen LogP) is 4.52. The lowest BCUT2D eigenvalue weighted by atomic mass is 10.0. The molecule has 0 radical (unpaired) electrons. The summed E-state index contributed by atoms with van der Waals surface area (Å²) in [7, 11) is -2.16. The first-order valence-electron chi connectivity index (χ1n) is 12.6. The molecule has 0 heterocycles. The second-order valence-corrected chi connectivity index (χ2v) is 11.5. The maximum Gasteiger partial charge on any atom is 0.243 e. The number of hydrogen-bond acceptors (Lipinski definition) is 4. The van der Waals surface area contributed by atoms with Crippen LogP contribution in [0.25, 0.3) is 0 Å². The Labute approximate surface area is 230 Å². The Hall–Kier alpha value is -3.20. The van der Waals surface area contributed by atoms with E-state index >= 15 is 0 Å². The standard InChI is InChI=1S/C29H34ClN3O4S/c1-3-31-29(35)27(21-23-12-6-4-7-13-23)33(22-24-14-10-15-25(30)20-24)28(34)18-11-19-32(2)38(36,37)26-16-8-5-9-17-26/h4-10,12-17,20,27H,3,11,18-19,21-22H2,1-2H3,(H,31,35)/t27-/m1/s1. The van der Waals surface area contributed by atoms with E-state index in [1.54, 1.807) is 47.4 Å². The number of nitrogens with one attached hydrogen (secondary N) is 1. The number of nitrogens with zero attached hydrogens (tertiary/aromatic N) is 2. The van der Waals surface area contributed by atoms with Crippen LogP contribution in [0, 0.1) is 0 Å². The van der Waals surface area contributed by atoms with Gasteiger partial charge in [0, 0.05) is 44.5 Å². The molecule has 0 saturated heterocycles. The maximum atomic E-state index is 13.6. The summed E-state index contributed by atoms with van der Waals surface area (Å²) in [5.41, 5.74) is 1.73. The summed E-state index contributed by atoms with van der Waals surface area (Å²) in [5, 5.41) is 3.41. The van der Waals surface area contributed by atoms with Crippen molar-refractivity contribution in [2.45, 2.75) is 43.7 Å². The summed E-state index contributed by atoms with van der Waals surface area (Å²) in [6, 6.07) is 24.2. The van der Waals surface area contributed by atoms with E-state index in [1.807, 2.05) is 49.4 Å². The third-order valence-electron chi connectivity index (χ3n) is 6.18. The van der Waals surface area contributed by atoms with Crippen LogP contribution in [0.15, 0.2) is 89.8 Å². The van der Waals surface area contributed by atoms with Crippen molar-refractivity contribution >= 4 is 33.4 Å². The maximum absolute atomic E-state index is 13.6. The van der Waals surface area contributed by atoms with Crippen LogP contribution in [0.1, 0.15) is 30.9 Å². The Kier molecular flexibility index (Phi) is 10.9. The molecular formula is C29H34ClN3O4S. The second kappa shape index (κ2) is 14.1. The lowest BCUT2D eigenvalue weighted by molar-refractivity contribution is -0.141. The van der Waals surface area contributed by atoms with Gasteiger partial charge in [0.05, 0.1) is 4.90 Å². The number of rotatable bonds is 13. The van der Waals surface area contributed by atoms with Gasteiger partial charge < -0.3 is 10.2 Å². The zero-order chi connectivity index (χ0) is 27.5. The molecule has 0 saturated carbocycles. The van der Waals surface area contributed by atoms with Gasteiger partial charge >= 0.3 is 0 Å². The number of hydrogen-bond donors (Lipinski definition) is 1. The molecule has 3 aromatic rings. The highest BCUT2D eigenvalue weighted by molar-refractivity contribution is 7.89. The molecule has 0 aliphatic carbocycles. The average Bonchev–Trinajstić information content (AvgIpc) is 2.91. The van der Waals surface area contributed by atoms with Crippen LogP contribution in [0.3, 0.4) is 0 Å². The summed E-state index contributed by atoms with van der Waals surface area (Å²) >= 11 is 6.20. The van der Waals surface area contributed by atoms with E-state index in [9.17, 15) is 18.0 Å². The fourth-order valence-corrected chi connectivity index (χ4v) is 5.61. The quantitative estimate of drug-likeness (QED) is 0.336. The van der Waals surface area contributed by atoms with Crippen molar-refractivity contribution in [1.29, 1.82) is 0 Å². The molecule has 0 spiro atoms. The van der Waals surface area contributed by atoms with Gasteiger partial charge in [0.25, 0.3) is 0 Å². The Bertz CT molecular complexity index is 1300. The summed E-state index contributed by atoms with van der Waals surface area (Å²) in [6.07, 6.45) is 0.738. The summed E-state index contributed by atoms with van der Waals surface area (Å²) in [6.45, 7) is 2.64. The van der Waals surface area contributed by atoms with Crippen LogP contribution >= 0.6 is 11.6 Å². The van der Waals surface area contributed by atoms with E-state index in [2.05, 4.69) is 5.32 Å². The zero-order valence-electron chi connectivity index (χ0n) is 21.7. The number of benzene rings is 3. The van der Waals surface area contributed by atoms with Crippen LogP contribution in [-0.2, 0) is 32.6 Å². The normalized spacial score (nSPS) is 12.2. The van der Waals surface area contributed by atoms with Crippen LogP contribution in [0.5, 0.6) is 0 Å². The molecule has 0 aliphatic heterocycles. The minimum Gasteiger partial charge on any atom is -0.355 e. The van der Waals surface area contributed by atoms with Crippen LogP contribution in [0.4, 0.5) is 0 Å². The Morgan fingerprint density at radius 1 is 0.921 bits per heavy atom. The highest BCUT2D eigenvalue weighted by Gasteiger charge is 2.30. The van der Waals surface area contributed by atoms with E-state index in [-0.39, 0.29) is 36.2 Å².